The van der Waals surface area contributed by atoms with Crippen LogP contribution >= 0.6 is 11.6 Å². The second-order valence-corrected chi connectivity index (χ2v) is 9.77. The number of benzene rings is 2. The van der Waals surface area contributed by atoms with Gasteiger partial charge in [-0.25, -0.2) is 13.6 Å². The summed E-state index contributed by atoms with van der Waals surface area (Å²) in [5.41, 5.74) is -0.0291. The predicted octanol–water partition coefficient (Wildman–Crippen LogP) is 3.41. The van der Waals surface area contributed by atoms with Gasteiger partial charge in [-0.3, -0.25) is 9.79 Å². The van der Waals surface area contributed by atoms with Crippen molar-refractivity contribution in [1.82, 2.24) is 10.6 Å². The van der Waals surface area contributed by atoms with Gasteiger partial charge in [-0.05, 0) is 24.9 Å². The molecule has 2 aromatic carbocycles. The molecule has 0 saturated carbocycles. The van der Waals surface area contributed by atoms with Gasteiger partial charge in [-0.1, -0.05) is 41.9 Å². The van der Waals surface area contributed by atoms with Crippen LogP contribution < -0.4 is 15.4 Å². The minimum absolute atomic E-state index is 0.0151. The summed E-state index contributed by atoms with van der Waals surface area (Å²) in [7, 11) is 1.37. The smallest absolute Gasteiger partial charge is 0.329 e. The first kappa shape index (κ1) is 26.3. The highest BCUT2D eigenvalue weighted by atomic mass is 35.5. The van der Waals surface area contributed by atoms with Crippen molar-refractivity contribution in [2.24, 2.45) is 4.99 Å². The van der Waals surface area contributed by atoms with Crippen LogP contribution in [0.3, 0.4) is 0 Å². The predicted molar refractivity (Wildman–Crippen MR) is 137 cm³/mol. The largest absolute Gasteiger partial charge is 0.480 e. The fourth-order valence-electron chi connectivity index (χ4n) is 5.50. The number of amides is 1. The van der Waals surface area contributed by atoms with Gasteiger partial charge in [0.25, 0.3) is 5.91 Å². The maximum Gasteiger partial charge on any atom is 0.329 e. The number of hydrogen-bond donors (Lipinski definition) is 3. The Bertz CT molecular complexity index is 1330. The van der Waals surface area contributed by atoms with Crippen LogP contribution in [0.5, 0.6) is 5.75 Å². The van der Waals surface area contributed by atoms with E-state index in [0.29, 0.717) is 5.56 Å². The first-order valence-electron chi connectivity index (χ1n) is 12.2. The van der Waals surface area contributed by atoms with E-state index in [9.17, 15) is 9.59 Å². The van der Waals surface area contributed by atoms with Crippen LogP contribution in [0.15, 0.2) is 47.0 Å². The average Bonchev–Trinajstić information content (AvgIpc) is 3.58. The molecule has 1 amide bonds. The summed E-state index contributed by atoms with van der Waals surface area (Å²) in [6.45, 7) is -0.0217. The molecule has 1 saturated heterocycles. The highest BCUT2D eigenvalue weighted by molar-refractivity contribution is 6.33. The van der Waals surface area contributed by atoms with E-state index in [1.807, 2.05) is 30.3 Å². The molecule has 0 bridgehead atoms. The molecule has 0 radical (unpaired) electrons. The van der Waals surface area contributed by atoms with E-state index in [-0.39, 0.29) is 39.9 Å². The average molecular weight is 546 g/mol. The quantitative estimate of drug-likeness (QED) is 0.492. The number of likely N-dealkylation sites (N-methyl/N-ethyl adjacent to an activating group) is 1. The Labute approximate surface area is 222 Å². The van der Waals surface area contributed by atoms with Crippen LogP contribution in [0, 0.1) is 5.82 Å². The molecule has 4 atom stereocenters. The zero-order valence-corrected chi connectivity index (χ0v) is 21.2. The van der Waals surface area contributed by atoms with E-state index in [2.05, 4.69) is 15.6 Å². The van der Waals surface area contributed by atoms with Crippen LogP contribution in [-0.4, -0.2) is 61.8 Å². The molecular weight excluding hydrogens is 520 g/mol. The van der Waals surface area contributed by atoms with E-state index in [1.165, 1.54) is 13.1 Å². The number of carboxylic acids is 1. The molecule has 1 fully saturated rings. The zero-order chi connectivity index (χ0) is 27.0. The fraction of sp³-hybridized carbons (Fsp3) is 0.370. The summed E-state index contributed by atoms with van der Waals surface area (Å²) >= 11 is 6.50. The molecule has 2 unspecified atom stereocenters. The summed E-state index contributed by atoms with van der Waals surface area (Å²) < 4.78 is 43.1. The van der Waals surface area contributed by atoms with Crippen LogP contribution in [-0.2, 0) is 26.3 Å². The Morgan fingerprint density at radius 3 is 2.76 bits per heavy atom. The van der Waals surface area contributed by atoms with Crippen LogP contribution in [0.1, 0.15) is 29.5 Å². The lowest BCUT2D eigenvalue weighted by Crippen LogP contribution is -2.49. The Balaban J connectivity index is 1.68. The number of carbonyl (C=O) groups is 2. The number of carbonyl (C=O) groups excluding carboxylic acids is 1. The van der Waals surface area contributed by atoms with Crippen molar-refractivity contribution in [3.63, 3.8) is 0 Å². The molecule has 5 rings (SSSR count). The van der Waals surface area contributed by atoms with Gasteiger partial charge in [-0.15, -0.1) is 0 Å². The summed E-state index contributed by atoms with van der Waals surface area (Å²) in [5, 5.41) is 14.5. The van der Waals surface area contributed by atoms with Crippen LogP contribution in [0.2, 0.25) is 5.02 Å². The summed E-state index contributed by atoms with van der Waals surface area (Å²) in [5.74, 6) is -2.63. The summed E-state index contributed by atoms with van der Waals surface area (Å²) in [4.78, 5) is 27.7. The number of aliphatic carboxylic acids is 1. The number of nitrogens with one attached hydrogen (secondary N) is 2. The van der Waals surface area contributed by atoms with Crippen molar-refractivity contribution in [2.75, 3.05) is 20.2 Å². The van der Waals surface area contributed by atoms with Gasteiger partial charge in [-0.2, -0.15) is 0 Å². The molecule has 2 aromatic rings. The van der Waals surface area contributed by atoms with Crippen LogP contribution in [0.25, 0.3) is 5.57 Å². The van der Waals surface area contributed by atoms with Gasteiger partial charge in [0.15, 0.2) is 18.0 Å². The Kier molecular flexibility index (Phi) is 7.21. The fourth-order valence-corrected chi connectivity index (χ4v) is 5.77. The first-order valence-corrected chi connectivity index (χ1v) is 12.6. The molecular formula is C27H26ClF2N3O5. The lowest BCUT2D eigenvalue weighted by Gasteiger charge is -2.35. The van der Waals surface area contributed by atoms with E-state index >= 15 is 8.78 Å². The second-order valence-electron chi connectivity index (χ2n) is 9.39. The van der Waals surface area contributed by atoms with Crippen molar-refractivity contribution in [3.05, 3.63) is 69.5 Å². The molecule has 3 aliphatic heterocycles. The Morgan fingerprint density at radius 2 is 2.11 bits per heavy atom. The molecule has 8 nitrogen and oxygen atoms in total. The van der Waals surface area contributed by atoms with E-state index in [4.69, 9.17) is 26.2 Å². The molecule has 0 spiro atoms. The topological polar surface area (TPSA) is 109 Å². The maximum absolute atomic E-state index is 16.1. The Morgan fingerprint density at radius 1 is 1.34 bits per heavy atom. The number of dihydropyridines is 1. The zero-order valence-electron chi connectivity index (χ0n) is 20.5. The molecule has 3 aliphatic rings. The highest BCUT2D eigenvalue weighted by Gasteiger charge is 2.51. The SMILES string of the molecule is CNC(=O)C1=C(c2c(Cl)c(F)cc3c2C[C@](c2ccccc2)([C@@H]2CCCN2)O3)C(F)C(OCC(=O)O)N=C1. The summed E-state index contributed by atoms with van der Waals surface area (Å²) in [6.07, 6.45) is -0.603. The summed E-state index contributed by atoms with van der Waals surface area (Å²) in [6, 6.07) is 10.6. The minimum Gasteiger partial charge on any atom is -0.480 e. The van der Waals surface area contributed by atoms with Crippen molar-refractivity contribution < 1.29 is 33.0 Å². The molecule has 200 valence electrons. The van der Waals surface area contributed by atoms with Gasteiger partial charge in [0.2, 0.25) is 0 Å². The highest BCUT2D eigenvalue weighted by Crippen LogP contribution is 2.51. The van der Waals surface area contributed by atoms with Gasteiger partial charge in [0.05, 0.1) is 16.6 Å². The van der Waals surface area contributed by atoms with Crippen molar-refractivity contribution in [1.29, 1.82) is 0 Å². The normalized spacial score (nSPS) is 26.3. The number of ether oxygens (including phenoxy) is 2. The van der Waals surface area contributed by atoms with Crippen LogP contribution in [0.4, 0.5) is 8.78 Å². The van der Waals surface area contributed by atoms with E-state index in [0.717, 1.165) is 31.2 Å². The molecule has 38 heavy (non-hydrogen) atoms. The van der Waals surface area contributed by atoms with Crippen molar-refractivity contribution in [2.45, 2.75) is 43.3 Å². The van der Waals surface area contributed by atoms with Gasteiger partial charge >= 0.3 is 5.97 Å². The number of fused-ring (bicyclic) bond motifs is 1. The van der Waals surface area contributed by atoms with Gasteiger partial charge in [0, 0.05) is 42.4 Å². The van der Waals surface area contributed by atoms with E-state index in [1.54, 1.807) is 0 Å². The monoisotopic (exact) mass is 545 g/mol. The van der Waals surface area contributed by atoms with Gasteiger partial charge < -0.3 is 25.2 Å². The number of nitrogens with zero attached hydrogens (tertiary/aromatic N) is 1. The minimum atomic E-state index is -2.11. The Hall–Kier alpha value is -3.34. The van der Waals surface area contributed by atoms with Gasteiger partial charge in [0.1, 0.15) is 18.2 Å². The standard InChI is InChI=1S/C27H26ClF2N3O5/c1-31-25(36)16-12-33-26(37-13-20(34)35)24(30)22(16)21-15-11-27(19-8-5-9-32-19,14-6-3-2-4-7-14)38-18(15)10-17(29)23(21)28/h2-4,6-7,10,12,19,24,26,32H,5,8-9,11,13H2,1H3,(H,31,36)(H,34,35)/t19-,24?,26?,27-/m0/s1. The lowest BCUT2D eigenvalue weighted by atomic mass is 9.79. The number of aliphatic imine (C=N–C) groups is 1. The molecule has 0 aliphatic carbocycles. The second kappa shape index (κ2) is 10.4. The first-order chi connectivity index (χ1) is 18.3. The van der Waals surface area contributed by atoms with Crippen molar-refractivity contribution >= 4 is 35.3 Å². The third kappa shape index (κ3) is 4.46. The maximum atomic E-state index is 16.1. The third-order valence-corrected chi connectivity index (χ3v) is 7.56. The van der Waals surface area contributed by atoms with Crippen molar-refractivity contribution in [3.8, 4) is 5.75 Å². The number of alkyl halides is 1. The molecule has 3 N–H and O–H groups in total. The van der Waals surface area contributed by atoms with E-state index < -0.39 is 42.3 Å². The number of carboxylic acid groups (broad SMARTS) is 1. The number of rotatable bonds is 7. The third-order valence-electron chi connectivity index (χ3n) is 7.19. The molecule has 3 heterocycles. The lowest BCUT2D eigenvalue weighted by molar-refractivity contribution is -0.145. The molecule has 0 aromatic heterocycles. The molecule has 11 heteroatoms. The number of hydrogen-bond acceptors (Lipinski definition) is 6. The number of halogens is 3.